The molecular formula is C22H33IN4OS. The van der Waals surface area contributed by atoms with Crippen LogP contribution in [-0.4, -0.2) is 57.3 Å². The largest absolute Gasteiger partial charge is 0.379 e. The molecule has 1 aliphatic rings. The van der Waals surface area contributed by atoms with E-state index in [1.54, 1.807) is 11.3 Å². The highest BCUT2D eigenvalue weighted by Gasteiger charge is 2.23. The van der Waals surface area contributed by atoms with Crippen LogP contribution in [0.1, 0.15) is 35.6 Å². The molecule has 0 amide bonds. The van der Waals surface area contributed by atoms with Crippen molar-refractivity contribution in [3.63, 3.8) is 0 Å². The predicted octanol–water partition coefficient (Wildman–Crippen LogP) is 4.02. The number of halogens is 1. The first-order chi connectivity index (χ1) is 13.7. The Morgan fingerprint density at radius 3 is 2.59 bits per heavy atom. The van der Waals surface area contributed by atoms with Gasteiger partial charge in [0.15, 0.2) is 5.96 Å². The smallest absolute Gasteiger partial charge is 0.191 e. The van der Waals surface area contributed by atoms with Crippen molar-refractivity contribution in [1.29, 1.82) is 0 Å². The summed E-state index contributed by atoms with van der Waals surface area (Å²) in [5, 5.41) is 11.4. The number of hydrogen-bond acceptors (Lipinski definition) is 4. The van der Waals surface area contributed by atoms with E-state index in [2.05, 4.69) is 75.5 Å². The minimum absolute atomic E-state index is 0. The standard InChI is InChI=1S/C22H32N4OS.HI/c1-17-5-4-6-19(13-17)21(26-8-10-27-11-9-26)15-25-22(23-3)24-14-18(2)20-7-12-28-16-20;/h4-7,12-13,16,18,21H,8-11,14-15H2,1-3H3,(H2,23,24,25);1H. The van der Waals surface area contributed by atoms with Crippen molar-refractivity contribution in [2.45, 2.75) is 25.8 Å². The highest BCUT2D eigenvalue weighted by atomic mass is 127. The maximum absolute atomic E-state index is 5.56. The molecule has 1 aliphatic heterocycles. The van der Waals surface area contributed by atoms with Crippen LogP contribution >= 0.6 is 35.3 Å². The zero-order chi connectivity index (χ0) is 19.8. The van der Waals surface area contributed by atoms with Crippen molar-refractivity contribution < 1.29 is 4.74 Å². The van der Waals surface area contributed by atoms with Crippen molar-refractivity contribution >= 4 is 41.3 Å². The summed E-state index contributed by atoms with van der Waals surface area (Å²) in [4.78, 5) is 6.93. The molecular weight excluding hydrogens is 495 g/mol. The van der Waals surface area contributed by atoms with E-state index >= 15 is 0 Å². The zero-order valence-electron chi connectivity index (χ0n) is 17.6. The summed E-state index contributed by atoms with van der Waals surface area (Å²) < 4.78 is 5.56. The van der Waals surface area contributed by atoms with Gasteiger partial charge in [-0.3, -0.25) is 9.89 Å². The Hall–Kier alpha value is -1.16. The lowest BCUT2D eigenvalue weighted by atomic mass is 10.0. The van der Waals surface area contributed by atoms with Crippen molar-refractivity contribution in [3.05, 3.63) is 57.8 Å². The van der Waals surface area contributed by atoms with Crippen LogP contribution in [0.25, 0.3) is 0 Å². The van der Waals surface area contributed by atoms with E-state index < -0.39 is 0 Å². The van der Waals surface area contributed by atoms with Gasteiger partial charge < -0.3 is 15.4 Å². The normalized spacial score (nSPS) is 17.3. The molecule has 5 nitrogen and oxygen atoms in total. The molecule has 0 spiro atoms. The molecule has 0 aliphatic carbocycles. The minimum atomic E-state index is 0. The first-order valence-electron chi connectivity index (χ1n) is 10.0. The first-order valence-corrected chi connectivity index (χ1v) is 11.0. The van der Waals surface area contributed by atoms with E-state index in [9.17, 15) is 0 Å². The fraction of sp³-hybridized carbons (Fsp3) is 0.500. The molecule has 0 radical (unpaired) electrons. The van der Waals surface area contributed by atoms with Crippen molar-refractivity contribution in [2.24, 2.45) is 4.99 Å². The number of thiophene rings is 1. The van der Waals surface area contributed by atoms with Gasteiger partial charge in [0.1, 0.15) is 0 Å². The van der Waals surface area contributed by atoms with Gasteiger partial charge in [0.2, 0.25) is 0 Å². The number of nitrogens with zero attached hydrogens (tertiary/aromatic N) is 2. The molecule has 2 aromatic rings. The SMILES string of the molecule is CN=C(NCC(C)c1ccsc1)NCC(c1cccc(C)c1)N1CCOCC1.I. The molecule has 29 heavy (non-hydrogen) atoms. The molecule has 160 valence electrons. The highest BCUT2D eigenvalue weighted by Crippen LogP contribution is 2.22. The molecule has 3 rings (SSSR count). The summed E-state index contributed by atoms with van der Waals surface area (Å²) in [6.45, 7) is 9.59. The highest BCUT2D eigenvalue weighted by molar-refractivity contribution is 14.0. The van der Waals surface area contributed by atoms with Crippen molar-refractivity contribution in [2.75, 3.05) is 46.4 Å². The van der Waals surface area contributed by atoms with Crippen LogP contribution in [0.5, 0.6) is 0 Å². The Morgan fingerprint density at radius 1 is 1.17 bits per heavy atom. The Kier molecular flexibility index (Phi) is 10.4. The molecule has 1 aromatic carbocycles. The van der Waals surface area contributed by atoms with Gasteiger partial charge in [0, 0.05) is 33.2 Å². The maximum Gasteiger partial charge on any atom is 0.191 e. The molecule has 2 N–H and O–H groups in total. The van der Waals surface area contributed by atoms with E-state index in [-0.39, 0.29) is 24.0 Å². The number of aliphatic imine (C=N–C) groups is 1. The molecule has 7 heteroatoms. The Bertz CT molecular complexity index is 747. The summed E-state index contributed by atoms with van der Waals surface area (Å²) >= 11 is 1.75. The topological polar surface area (TPSA) is 48.9 Å². The van der Waals surface area contributed by atoms with Gasteiger partial charge in [-0.25, -0.2) is 0 Å². The van der Waals surface area contributed by atoms with Crippen LogP contribution in [0.2, 0.25) is 0 Å². The number of benzene rings is 1. The van der Waals surface area contributed by atoms with E-state index in [0.29, 0.717) is 12.0 Å². The molecule has 2 atom stereocenters. The second kappa shape index (κ2) is 12.5. The summed E-state index contributed by atoms with van der Waals surface area (Å²) in [5.41, 5.74) is 4.01. The van der Waals surface area contributed by atoms with Gasteiger partial charge in [-0.15, -0.1) is 24.0 Å². The number of hydrogen-bond donors (Lipinski definition) is 2. The molecule has 0 bridgehead atoms. The van der Waals surface area contributed by atoms with Gasteiger partial charge in [-0.05, 0) is 40.8 Å². The summed E-state index contributed by atoms with van der Waals surface area (Å²) in [5.74, 6) is 1.31. The third kappa shape index (κ3) is 7.24. The van der Waals surface area contributed by atoms with Crippen LogP contribution in [0, 0.1) is 6.92 Å². The third-order valence-electron chi connectivity index (χ3n) is 5.29. The van der Waals surface area contributed by atoms with Crippen LogP contribution < -0.4 is 10.6 Å². The fourth-order valence-electron chi connectivity index (χ4n) is 3.56. The lowest BCUT2D eigenvalue weighted by molar-refractivity contribution is 0.0170. The van der Waals surface area contributed by atoms with Crippen molar-refractivity contribution in [3.8, 4) is 0 Å². The van der Waals surface area contributed by atoms with Gasteiger partial charge >= 0.3 is 0 Å². The monoisotopic (exact) mass is 528 g/mol. The Balaban J connectivity index is 0.00000300. The predicted molar refractivity (Wildman–Crippen MR) is 134 cm³/mol. The number of rotatable bonds is 7. The van der Waals surface area contributed by atoms with Gasteiger partial charge in [-0.1, -0.05) is 36.8 Å². The average molecular weight is 529 g/mol. The minimum Gasteiger partial charge on any atom is -0.379 e. The van der Waals surface area contributed by atoms with Crippen LogP contribution in [0.4, 0.5) is 0 Å². The number of ether oxygens (including phenoxy) is 1. The number of aryl methyl sites for hydroxylation is 1. The van der Waals surface area contributed by atoms with E-state index in [1.807, 2.05) is 7.05 Å². The first kappa shape index (κ1) is 24.1. The quantitative estimate of drug-likeness (QED) is 0.324. The molecule has 2 heterocycles. The van der Waals surface area contributed by atoms with Crippen molar-refractivity contribution in [1.82, 2.24) is 15.5 Å². The van der Waals surface area contributed by atoms with E-state index in [1.165, 1.54) is 16.7 Å². The molecule has 0 saturated carbocycles. The Labute approximate surface area is 196 Å². The van der Waals surface area contributed by atoms with E-state index in [4.69, 9.17) is 4.74 Å². The van der Waals surface area contributed by atoms with Gasteiger partial charge in [-0.2, -0.15) is 11.3 Å². The number of morpholine rings is 1. The van der Waals surface area contributed by atoms with E-state index in [0.717, 1.165) is 45.4 Å². The van der Waals surface area contributed by atoms with Crippen LogP contribution in [-0.2, 0) is 4.74 Å². The summed E-state index contributed by atoms with van der Waals surface area (Å²) in [6, 6.07) is 11.3. The number of nitrogens with one attached hydrogen (secondary N) is 2. The summed E-state index contributed by atoms with van der Waals surface area (Å²) in [6.07, 6.45) is 0. The van der Waals surface area contributed by atoms with Crippen LogP contribution in [0.3, 0.4) is 0 Å². The third-order valence-corrected chi connectivity index (χ3v) is 5.99. The lowest BCUT2D eigenvalue weighted by Gasteiger charge is -2.35. The second-order valence-electron chi connectivity index (χ2n) is 7.37. The molecule has 1 aromatic heterocycles. The van der Waals surface area contributed by atoms with Gasteiger partial charge in [0.25, 0.3) is 0 Å². The van der Waals surface area contributed by atoms with Crippen LogP contribution in [0.15, 0.2) is 46.1 Å². The summed E-state index contributed by atoms with van der Waals surface area (Å²) in [7, 11) is 1.83. The Morgan fingerprint density at radius 2 is 1.93 bits per heavy atom. The van der Waals surface area contributed by atoms with Gasteiger partial charge in [0.05, 0.1) is 19.3 Å². The molecule has 2 unspecified atom stereocenters. The lowest BCUT2D eigenvalue weighted by Crippen LogP contribution is -2.46. The molecule has 1 saturated heterocycles. The fourth-order valence-corrected chi connectivity index (χ4v) is 4.34. The maximum atomic E-state index is 5.56. The zero-order valence-corrected chi connectivity index (χ0v) is 20.7. The molecule has 1 fully saturated rings. The average Bonchev–Trinajstić information content (AvgIpc) is 3.26. The number of guanidine groups is 1. The second-order valence-corrected chi connectivity index (χ2v) is 8.15.